The van der Waals surface area contributed by atoms with Crippen LogP contribution in [0, 0.1) is 17.8 Å². The molecule has 4 aliphatic heterocycles. The van der Waals surface area contributed by atoms with Gasteiger partial charge in [-0.1, -0.05) is 76.1 Å². The van der Waals surface area contributed by atoms with E-state index in [1.807, 2.05) is 80.3 Å². The van der Waals surface area contributed by atoms with Crippen LogP contribution in [0.2, 0.25) is 0 Å². The Morgan fingerprint density at radius 2 is 1.77 bits per heavy atom. The standard InChI is InChI=1S/C31H41N3O5/c1-5-12-21(4)32-18-11-16-31-26(29(37)34(27(31)30(32)38)23(19-35)20(3)6-2)25-24(39-31)15-10-17-33(28(25)36)22-13-8-7-9-14-22/h7-11,13-16,20-21,23-27,35H,5-6,12,17-19H2,1-4H3/t20-,21?,23-,24+,25-,26-,27?,31-/m0/s1. The van der Waals surface area contributed by atoms with E-state index < -0.39 is 35.6 Å². The summed E-state index contributed by atoms with van der Waals surface area (Å²) in [4.78, 5) is 48.3. The number of fused-ring (bicyclic) bond motifs is 2. The fourth-order valence-corrected chi connectivity index (χ4v) is 7.08. The smallest absolute Gasteiger partial charge is 0.249 e. The first-order valence-electron chi connectivity index (χ1n) is 14.4. The van der Waals surface area contributed by atoms with Gasteiger partial charge in [0.1, 0.15) is 11.6 Å². The molecule has 4 heterocycles. The summed E-state index contributed by atoms with van der Waals surface area (Å²) in [6, 6.07) is 7.92. The number of aliphatic hydroxyl groups excluding tert-OH is 1. The highest BCUT2D eigenvalue weighted by Gasteiger charge is 2.72. The Hall–Kier alpha value is -2.97. The van der Waals surface area contributed by atoms with Gasteiger partial charge in [0, 0.05) is 24.8 Å². The Kier molecular flexibility index (Phi) is 7.71. The average molecular weight is 536 g/mol. The molecule has 5 rings (SSSR count). The summed E-state index contributed by atoms with van der Waals surface area (Å²) in [5.41, 5.74) is -0.530. The van der Waals surface area contributed by atoms with E-state index in [2.05, 4.69) is 6.92 Å². The number of amides is 3. The molecule has 1 aromatic carbocycles. The topological polar surface area (TPSA) is 90.4 Å². The van der Waals surface area contributed by atoms with Crippen molar-refractivity contribution in [3.63, 3.8) is 0 Å². The van der Waals surface area contributed by atoms with E-state index in [1.54, 1.807) is 9.80 Å². The molecule has 8 nitrogen and oxygen atoms in total. The molecule has 0 aliphatic carbocycles. The first kappa shape index (κ1) is 27.6. The molecule has 8 heteroatoms. The van der Waals surface area contributed by atoms with Crippen molar-refractivity contribution in [2.45, 2.75) is 76.8 Å². The molecule has 3 amide bonds. The second-order valence-corrected chi connectivity index (χ2v) is 11.5. The Morgan fingerprint density at radius 1 is 1.03 bits per heavy atom. The van der Waals surface area contributed by atoms with Gasteiger partial charge in [0.25, 0.3) is 0 Å². The summed E-state index contributed by atoms with van der Waals surface area (Å²) < 4.78 is 6.75. The van der Waals surface area contributed by atoms with Gasteiger partial charge in [0.15, 0.2) is 0 Å². The van der Waals surface area contributed by atoms with Crippen molar-refractivity contribution in [2.24, 2.45) is 17.8 Å². The van der Waals surface area contributed by atoms with E-state index in [0.717, 1.165) is 24.9 Å². The SMILES string of the molecule is CCCC(C)N1CC=C[C@]23O[C@@H]4C=CCN(c5ccccc5)C(=O)[C@@H]4[C@H]2C(=O)N([C@@H](CO)[C@@H](C)CC)C3C1=O. The lowest BCUT2D eigenvalue weighted by Crippen LogP contribution is -2.60. The third-order valence-electron chi connectivity index (χ3n) is 9.28. The van der Waals surface area contributed by atoms with Crippen LogP contribution in [-0.4, -0.2) is 82.2 Å². The third kappa shape index (κ3) is 4.32. The van der Waals surface area contributed by atoms with Crippen LogP contribution in [-0.2, 0) is 19.1 Å². The quantitative estimate of drug-likeness (QED) is 0.517. The first-order valence-corrected chi connectivity index (χ1v) is 14.4. The monoisotopic (exact) mass is 535 g/mol. The number of para-hydroxylation sites is 1. The molecule has 39 heavy (non-hydrogen) atoms. The Balaban J connectivity index is 1.63. The molecule has 2 unspecified atom stereocenters. The fourth-order valence-electron chi connectivity index (χ4n) is 7.08. The summed E-state index contributed by atoms with van der Waals surface area (Å²) >= 11 is 0. The normalized spacial score (nSPS) is 32.4. The minimum absolute atomic E-state index is 0.0172. The number of carbonyl (C=O) groups excluding carboxylic acids is 3. The Bertz CT molecular complexity index is 1150. The molecule has 2 fully saturated rings. The summed E-state index contributed by atoms with van der Waals surface area (Å²) in [6.07, 6.45) is 9.48. The fraction of sp³-hybridized carbons (Fsp3) is 0.581. The minimum Gasteiger partial charge on any atom is -0.394 e. The Labute approximate surface area is 231 Å². The van der Waals surface area contributed by atoms with Crippen LogP contribution < -0.4 is 4.90 Å². The minimum atomic E-state index is -1.29. The summed E-state index contributed by atoms with van der Waals surface area (Å²) in [6.45, 7) is 8.66. The predicted octanol–water partition coefficient (Wildman–Crippen LogP) is 3.16. The van der Waals surface area contributed by atoms with Crippen molar-refractivity contribution in [3.8, 4) is 0 Å². The Morgan fingerprint density at radius 3 is 2.44 bits per heavy atom. The number of hydrogen-bond acceptors (Lipinski definition) is 5. The molecule has 0 radical (unpaired) electrons. The maximum atomic E-state index is 14.5. The maximum Gasteiger partial charge on any atom is 0.249 e. The van der Waals surface area contributed by atoms with Crippen molar-refractivity contribution < 1.29 is 24.2 Å². The molecule has 1 N–H and O–H groups in total. The number of nitrogens with zero attached hydrogens (tertiary/aromatic N) is 3. The van der Waals surface area contributed by atoms with Crippen molar-refractivity contribution >= 4 is 23.4 Å². The molecular weight excluding hydrogens is 494 g/mol. The van der Waals surface area contributed by atoms with E-state index in [4.69, 9.17) is 4.74 Å². The van der Waals surface area contributed by atoms with Gasteiger partial charge in [0.2, 0.25) is 17.7 Å². The molecule has 0 aromatic heterocycles. The lowest BCUT2D eigenvalue weighted by molar-refractivity contribution is -0.153. The molecule has 1 aromatic rings. The van der Waals surface area contributed by atoms with Gasteiger partial charge in [-0.3, -0.25) is 14.4 Å². The highest BCUT2D eigenvalue weighted by atomic mass is 16.5. The third-order valence-corrected chi connectivity index (χ3v) is 9.28. The highest BCUT2D eigenvalue weighted by Crippen LogP contribution is 2.54. The van der Waals surface area contributed by atoms with Crippen LogP contribution in [0.25, 0.3) is 0 Å². The zero-order chi connectivity index (χ0) is 27.9. The molecule has 210 valence electrons. The number of rotatable bonds is 8. The molecule has 2 saturated heterocycles. The van der Waals surface area contributed by atoms with Crippen LogP contribution in [0.15, 0.2) is 54.6 Å². The van der Waals surface area contributed by atoms with Crippen LogP contribution in [0.1, 0.15) is 47.0 Å². The number of aliphatic hydroxyl groups is 1. The van der Waals surface area contributed by atoms with Crippen LogP contribution in [0.4, 0.5) is 5.69 Å². The van der Waals surface area contributed by atoms with E-state index in [1.165, 1.54) is 0 Å². The predicted molar refractivity (Wildman–Crippen MR) is 149 cm³/mol. The van der Waals surface area contributed by atoms with Gasteiger partial charge in [-0.15, -0.1) is 0 Å². The number of hydrogen-bond donors (Lipinski definition) is 1. The number of likely N-dealkylation sites (tertiary alicyclic amines) is 1. The van der Waals surface area contributed by atoms with Crippen molar-refractivity contribution in [1.82, 2.24) is 9.80 Å². The number of ether oxygens (including phenoxy) is 1. The van der Waals surface area contributed by atoms with Gasteiger partial charge in [-0.05, 0) is 31.4 Å². The van der Waals surface area contributed by atoms with Gasteiger partial charge in [-0.25, -0.2) is 0 Å². The lowest BCUT2D eigenvalue weighted by atomic mass is 9.77. The van der Waals surface area contributed by atoms with Crippen LogP contribution >= 0.6 is 0 Å². The van der Waals surface area contributed by atoms with E-state index in [0.29, 0.717) is 13.1 Å². The van der Waals surface area contributed by atoms with E-state index in [9.17, 15) is 19.5 Å². The van der Waals surface area contributed by atoms with Crippen LogP contribution in [0.3, 0.4) is 0 Å². The first-order chi connectivity index (χ1) is 18.8. The van der Waals surface area contributed by atoms with Crippen molar-refractivity contribution in [1.29, 1.82) is 0 Å². The molecule has 4 aliphatic rings. The summed E-state index contributed by atoms with van der Waals surface area (Å²) in [7, 11) is 0. The zero-order valence-corrected chi connectivity index (χ0v) is 23.4. The molecule has 0 saturated carbocycles. The largest absolute Gasteiger partial charge is 0.394 e. The van der Waals surface area contributed by atoms with E-state index in [-0.39, 0.29) is 36.3 Å². The summed E-state index contributed by atoms with van der Waals surface area (Å²) in [5, 5.41) is 10.5. The average Bonchev–Trinajstić information content (AvgIpc) is 3.25. The van der Waals surface area contributed by atoms with E-state index >= 15 is 0 Å². The lowest BCUT2D eigenvalue weighted by Gasteiger charge is -2.41. The molecule has 8 atom stereocenters. The van der Waals surface area contributed by atoms with Crippen LogP contribution in [0.5, 0.6) is 0 Å². The second-order valence-electron chi connectivity index (χ2n) is 11.5. The van der Waals surface area contributed by atoms with Gasteiger partial charge in [0.05, 0.1) is 30.6 Å². The van der Waals surface area contributed by atoms with Crippen molar-refractivity contribution in [2.75, 3.05) is 24.6 Å². The van der Waals surface area contributed by atoms with Crippen molar-refractivity contribution in [3.05, 3.63) is 54.6 Å². The maximum absolute atomic E-state index is 14.5. The number of anilines is 1. The number of benzene rings is 1. The highest BCUT2D eigenvalue weighted by molar-refractivity contribution is 6.04. The molecule has 0 bridgehead atoms. The molecular formula is C31H41N3O5. The van der Waals surface area contributed by atoms with Gasteiger partial charge >= 0.3 is 0 Å². The van der Waals surface area contributed by atoms with Gasteiger partial charge < -0.3 is 24.5 Å². The summed E-state index contributed by atoms with van der Waals surface area (Å²) in [5.74, 6) is -2.33. The molecule has 1 spiro atoms. The second kappa shape index (κ2) is 10.9. The number of carbonyl (C=O) groups is 3. The zero-order valence-electron chi connectivity index (χ0n) is 23.4. The van der Waals surface area contributed by atoms with Gasteiger partial charge in [-0.2, -0.15) is 0 Å².